The number of hydrogen-bond donors (Lipinski definition) is 3. The second-order valence-electron chi connectivity index (χ2n) is 5.22. The van der Waals surface area contributed by atoms with Crippen molar-refractivity contribution in [2.75, 3.05) is 5.43 Å². The van der Waals surface area contributed by atoms with Crippen LogP contribution in [0.25, 0.3) is 0 Å². The highest BCUT2D eigenvalue weighted by atomic mass is 35.5. The van der Waals surface area contributed by atoms with Gasteiger partial charge in [-0.3, -0.25) is 0 Å². The number of nitrogens with one attached hydrogen (secondary N) is 2. The van der Waals surface area contributed by atoms with E-state index in [0.717, 1.165) is 25.7 Å². The third kappa shape index (κ3) is 3.60. The highest BCUT2D eigenvalue weighted by Crippen LogP contribution is 2.26. The van der Waals surface area contributed by atoms with Crippen LogP contribution in [0.4, 0.5) is 5.82 Å². The quantitative estimate of drug-likeness (QED) is 0.581. The Bertz CT molecular complexity index is 571. The zero-order chi connectivity index (χ0) is 14.8. The monoisotopic (exact) mass is 318 g/mol. The molecular formula is C12H19ClN4O2S. The maximum Gasteiger partial charge on any atom is 0.242 e. The van der Waals surface area contributed by atoms with Crippen LogP contribution in [-0.4, -0.2) is 19.4 Å². The van der Waals surface area contributed by atoms with Gasteiger partial charge in [-0.2, -0.15) is 0 Å². The molecule has 1 aliphatic rings. The summed E-state index contributed by atoms with van der Waals surface area (Å²) < 4.78 is 27.3. The zero-order valence-electron chi connectivity index (χ0n) is 11.3. The minimum atomic E-state index is -3.59. The number of hydrogen-bond acceptors (Lipinski definition) is 5. The Morgan fingerprint density at radius 1 is 1.35 bits per heavy atom. The standard InChI is InChI=1S/C12H19ClN4O2S/c1-8-2-4-9(5-3-8)17-20(18,19)10-6-11(13)12(16-14)15-7-10/h6-9,17H,2-5,14H2,1H3,(H,15,16). The smallest absolute Gasteiger partial charge is 0.242 e. The number of pyridine rings is 1. The number of nitrogens with two attached hydrogens (primary N) is 1. The Morgan fingerprint density at radius 2 is 2.00 bits per heavy atom. The van der Waals surface area contributed by atoms with Crippen molar-refractivity contribution in [2.45, 2.75) is 43.5 Å². The number of rotatable bonds is 4. The molecule has 6 nitrogen and oxygen atoms in total. The third-order valence-electron chi connectivity index (χ3n) is 3.60. The molecule has 0 spiro atoms. The summed E-state index contributed by atoms with van der Waals surface area (Å²) in [6, 6.07) is 1.33. The van der Waals surface area contributed by atoms with Crippen molar-refractivity contribution < 1.29 is 8.42 Å². The molecule has 1 aromatic heterocycles. The molecule has 0 bridgehead atoms. The van der Waals surface area contributed by atoms with E-state index in [1.54, 1.807) is 0 Å². The summed E-state index contributed by atoms with van der Waals surface area (Å²) in [6.07, 6.45) is 5.06. The first kappa shape index (κ1) is 15.5. The lowest BCUT2D eigenvalue weighted by Gasteiger charge is -2.26. The van der Waals surface area contributed by atoms with Crippen LogP contribution in [-0.2, 0) is 10.0 Å². The fourth-order valence-corrected chi connectivity index (χ4v) is 3.90. The maximum atomic E-state index is 12.3. The average Bonchev–Trinajstić information content (AvgIpc) is 2.41. The van der Waals surface area contributed by atoms with Gasteiger partial charge in [0.05, 0.1) is 5.02 Å². The minimum Gasteiger partial charge on any atom is -0.307 e. The number of hydrazine groups is 1. The first-order chi connectivity index (χ1) is 9.42. The largest absolute Gasteiger partial charge is 0.307 e. The minimum absolute atomic E-state index is 0.0118. The van der Waals surface area contributed by atoms with E-state index in [0.29, 0.717) is 5.92 Å². The molecule has 0 radical (unpaired) electrons. The highest BCUT2D eigenvalue weighted by Gasteiger charge is 2.24. The van der Waals surface area contributed by atoms with Gasteiger partial charge in [0.25, 0.3) is 0 Å². The molecule has 112 valence electrons. The van der Waals surface area contributed by atoms with E-state index in [4.69, 9.17) is 17.4 Å². The molecule has 0 saturated heterocycles. The molecule has 20 heavy (non-hydrogen) atoms. The van der Waals surface area contributed by atoms with Crippen LogP contribution in [0.1, 0.15) is 32.6 Å². The Balaban J connectivity index is 2.12. The second-order valence-corrected chi connectivity index (χ2v) is 7.35. The lowest BCUT2D eigenvalue weighted by molar-refractivity contribution is 0.332. The van der Waals surface area contributed by atoms with Gasteiger partial charge in [0.15, 0.2) is 5.82 Å². The van der Waals surface area contributed by atoms with Crippen LogP contribution >= 0.6 is 11.6 Å². The van der Waals surface area contributed by atoms with Crippen LogP contribution < -0.4 is 16.0 Å². The van der Waals surface area contributed by atoms with Crippen molar-refractivity contribution in [3.63, 3.8) is 0 Å². The van der Waals surface area contributed by atoms with Gasteiger partial charge in [0, 0.05) is 12.2 Å². The molecule has 0 unspecified atom stereocenters. The highest BCUT2D eigenvalue weighted by molar-refractivity contribution is 7.89. The van der Waals surface area contributed by atoms with Gasteiger partial charge in [-0.25, -0.2) is 24.0 Å². The Kier molecular flexibility index (Phi) is 4.85. The topological polar surface area (TPSA) is 97.1 Å². The van der Waals surface area contributed by atoms with E-state index in [1.807, 2.05) is 0 Å². The van der Waals surface area contributed by atoms with Crippen molar-refractivity contribution in [2.24, 2.45) is 11.8 Å². The van der Waals surface area contributed by atoms with Crippen LogP contribution in [0.15, 0.2) is 17.2 Å². The molecule has 0 atom stereocenters. The van der Waals surface area contributed by atoms with Crippen LogP contribution in [0.2, 0.25) is 5.02 Å². The summed E-state index contributed by atoms with van der Waals surface area (Å²) in [5.74, 6) is 6.13. The summed E-state index contributed by atoms with van der Waals surface area (Å²) in [4.78, 5) is 3.94. The number of anilines is 1. The fourth-order valence-electron chi connectivity index (χ4n) is 2.34. The molecule has 1 aromatic rings. The normalized spacial score (nSPS) is 23.6. The lowest BCUT2D eigenvalue weighted by Crippen LogP contribution is -2.37. The number of aromatic nitrogens is 1. The zero-order valence-corrected chi connectivity index (χ0v) is 12.8. The molecule has 0 aliphatic heterocycles. The summed E-state index contributed by atoms with van der Waals surface area (Å²) in [6.45, 7) is 2.19. The average molecular weight is 319 g/mol. The van der Waals surface area contributed by atoms with Gasteiger partial charge in [-0.1, -0.05) is 18.5 Å². The summed E-state index contributed by atoms with van der Waals surface area (Å²) in [7, 11) is -3.59. The van der Waals surface area contributed by atoms with Crippen LogP contribution in [0.3, 0.4) is 0 Å². The van der Waals surface area contributed by atoms with Crippen LogP contribution in [0, 0.1) is 5.92 Å². The fraction of sp³-hybridized carbons (Fsp3) is 0.583. The first-order valence-electron chi connectivity index (χ1n) is 6.57. The number of halogens is 1. The van der Waals surface area contributed by atoms with E-state index < -0.39 is 10.0 Å². The van der Waals surface area contributed by atoms with E-state index in [1.165, 1.54) is 12.3 Å². The van der Waals surface area contributed by atoms with Crippen molar-refractivity contribution in [3.8, 4) is 0 Å². The van der Waals surface area contributed by atoms with Crippen LogP contribution in [0.5, 0.6) is 0 Å². The maximum absolute atomic E-state index is 12.3. The van der Waals surface area contributed by atoms with Crippen molar-refractivity contribution in [1.82, 2.24) is 9.71 Å². The summed E-state index contributed by atoms with van der Waals surface area (Å²) in [5.41, 5.74) is 2.30. The molecule has 1 aliphatic carbocycles. The van der Waals surface area contributed by atoms with Crippen molar-refractivity contribution in [1.29, 1.82) is 0 Å². The van der Waals surface area contributed by atoms with Gasteiger partial charge >= 0.3 is 0 Å². The second kappa shape index (κ2) is 6.26. The van der Waals surface area contributed by atoms with Gasteiger partial charge in [-0.15, -0.1) is 0 Å². The molecule has 4 N–H and O–H groups in total. The summed E-state index contributed by atoms with van der Waals surface area (Å²) in [5, 5.41) is 0.174. The molecule has 0 aromatic carbocycles. The van der Waals surface area contributed by atoms with E-state index in [9.17, 15) is 8.42 Å². The van der Waals surface area contributed by atoms with Gasteiger partial charge < -0.3 is 5.43 Å². The Labute approximate surface area is 124 Å². The molecule has 1 saturated carbocycles. The lowest BCUT2D eigenvalue weighted by atomic mass is 9.88. The van der Waals surface area contributed by atoms with Crippen molar-refractivity contribution >= 4 is 27.4 Å². The Morgan fingerprint density at radius 3 is 2.55 bits per heavy atom. The first-order valence-corrected chi connectivity index (χ1v) is 8.43. The van der Waals surface area contributed by atoms with Gasteiger partial charge in [-0.05, 0) is 37.7 Å². The van der Waals surface area contributed by atoms with E-state index in [-0.39, 0.29) is 21.8 Å². The van der Waals surface area contributed by atoms with Gasteiger partial charge in [0.2, 0.25) is 10.0 Å². The summed E-state index contributed by atoms with van der Waals surface area (Å²) >= 11 is 5.90. The number of nitrogens with zero attached hydrogens (tertiary/aromatic N) is 1. The molecule has 0 amide bonds. The molecular weight excluding hydrogens is 300 g/mol. The van der Waals surface area contributed by atoms with Gasteiger partial charge in [0.1, 0.15) is 4.90 Å². The molecule has 2 rings (SSSR count). The third-order valence-corrected chi connectivity index (χ3v) is 5.38. The molecule has 1 heterocycles. The predicted molar refractivity (Wildman–Crippen MR) is 78.8 cm³/mol. The molecule has 8 heteroatoms. The predicted octanol–water partition coefficient (Wildman–Crippen LogP) is 1.88. The number of nitrogen functional groups attached to an aromatic ring is 1. The SMILES string of the molecule is CC1CCC(NS(=O)(=O)c2cnc(NN)c(Cl)c2)CC1. The Hall–Kier alpha value is -0.890. The van der Waals surface area contributed by atoms with E-state index >= 15 is 0 Å². The number of sulfonamides is 1. The van der Waals surface area contributed by atoms with E-state index in [2.05, 4.69) is 22.1 Å². The van der Waals surface area contributed by atoms with Crippen molar-refractivity contribution in [3.05, 3.63) is 17.3 Å². The molecule has 1 fully saturated rings.